The Morgan fingerprint density at radius 2 is 2.06 bits per heavy atom. The molecule has 0 amide bonds. The van der Waals surface area contributed by atoms with E-state index in [0.717, 1.165) is 26.1 Å². The van der Waals surface area contributed by atoms with Crippen molar-refractivity contribution in [1.29, 1.82) is 0 Å². The zero-order valence-electron chi connectivity index (χ0n) is 10.3. The minimum Gasteiger partial charge on any atom is -0.488 e. The molecule has 2 rings (SSSR count). The lowest BCUT2D eigenvalue weighted by Crippen LogP contribution is -2.54. The second-order valence-electron chi connectivity index (χ2n) is 4.68. The summed E-state index contributed by atoms with van der Waals surface area (Å²) in [6.07, 6.45) is 0.959. The first kappa shape index (κ1) is 13.3. The molecule has 0 bridgehead atoms. The Hall–Kier alpha value is -1.17. The fraction of sp³-hybridized carbons (Fsp3) is 0.538. The van der Waals surface area contributed by atoms with Gasteiger partial charge < -0.3 is 15.6 Å². The predicted molar refractivity (Wildman–Crippen MR) is 66.9 cm³/mol. The van der Waals surface area contributed by atoms with Crippen molar-refractivity contribution in [2.75, 3.05) is 26.2 Å². The Bertz CT molecular complexity index is 366. The summed E-state index contributed by atoms with van der Waals surface area (Å²) in [7, 11) is 0. The highest BCUT2D eigenvalue weighted by molar-refractivity contribution is 5.22. The standard InChI is InChI=1S/C13H19FN2O2/c14-10-1-3-12(4-2-10)18-13-7-16(8-13)6-5-11(15)9-17/h1-4,11,13,17H,5-9,15H2. The fourth-order valence-electron chi connectivity index (χ4n) is 1.92. The van der Waals surface area contributed by atoms with E-state index in [-0.39, 0.29) is 24.6 Å². The van der Waals surface area contributed by atoms with Crippen LogP contribution in [0.25, 0.3) is 0 Å². The number of aliphatic hydroxyl groups is 1. The van der Waals surface area contributed by atoms with E-state index < -0.39 is 0 Å². The Morgan fingerprint density at radius 1 is 1.39 bits per heavy atom. The van der Waals surface area contributed by atoms with Crippen LogP contribution in [0, 0.1) is 5.82 Å². The smallest absolute Gasteiger partial charge is 0.124 e. The molecule has 1 aromatic carbocycles. The van der Waals surface area contributed by atoms with E-state index in [0.29, 0.717) is 5.75 Å². The Balaban J connectivity index is 1.65. The number of likely N-dealkylation sites (tertiary alicyclic amines) is 1. The third-order valence-electron chi connectivity index (χ3n) is 3.09. The van der Waals surface area contributed by atoms with E-state index in [9.17, 15) is 4.39 Å². The maximum atomic E-state index is 12.7. The molecular formula is C13H19FN2O2. The van der Waals surface area contributed by atoms with Gasteiger partial charge in [0.25, 0.3) is 0 Å². The van der Waals surface area contributed by atoms with Gasteiger partial charge in [-0.2, -0.15) is 0 Å². The van der Waals surface area contributed by atoms with Gasteiger partial charge in [0.2, 0.25) is 0 Å². The highest BCUT2D eigenvalue weighted by atomic mass is 19.1. The van der Waals surface area contributed by atoms with E-state index in [1.807, 2.05) is 0 Å². The van der Waals surface area contributed by atoms with Gasteiger partial charge in [-0.15, -0.1) is 0 Å². The van der Waals surface area contributed by atoms with Gasteiger partial charge >= 0.3 is 0 Å². The van der Waals surface area contributed by atoms with Crippen molar-refractivity contribution >= 4 is 0 Å². The molecule has 1 aromatic rings. The van der Waals surface area contributed by atoms with Crippen LogP contribution in [0.2, 0.25) is 0 Å². The highest BCUT2D eigenvalue weighted by Gasteiger charge is 2.28. The lowest BCUT2D eigenvalue weighted by molar-refractivity contribution is 0.0174. The van der Waals surface area contributed by atoms with Gasteiger partial charge in [0.05, 0.1) is 6.61 Å². The molecule has 1 aliphatic rings. The number of hydrogen-bond acceptors (Lipinski definition) is 4. The molecule has 0 aromatic heterocycles. The van der Waals surface area contributed by atoms with Gasteiger partial charge in [-0.05, 0) is 30.7 Å². The van der Waals surface area contributed by atoms with E-state index >= 15 is 0 Å². The molecule has 1 fully saturated rings. The molecule has 0 radical (unpaired) electrons. The summed E-state index contributed by atoms with van der Waals surface area (Å²) in [5.74, 6) is 0.448. The van der Waals surface area contributed by atoms with Gasteiger partial charge in [0.1, 0.15) is 17.7 Å². The van der Waals surface area contributed by atoms with Crippen molar-refractivity contribution in [1.82, 2.24) is 4.90 Å². The Labute approximate surface area is 106 Å². The number of hydrogen-bond donors (Lipinski definition) is 2. The lowest BCUT2D eigenvalue weighted by Gasteiger charge is -2.39. The third-order valence-corrected chi connectivity index (χ3v) is 3.09. The van der Waals surface area contributed by atoms with Crippen molar-refractivity contribution < 1.29 is 14.2 Å². The summed E-state index contributed by atoms with van der Waals surface area (Å²) in [4.78, 5) is 2.23. The number of rotatable bonds is 6. The molecule has 0 aliphatic carbocycles. The summed E-state index contributed by atoms with van der Waals surface area (Å²) in [5, 5.41) is 8.81. The van der Waals surface area contributed by atoms with Gasteiger partial charge in [0.15, 0.2) is 0 Å². The molecule has 4 nitrogen and oxygen atoms in total. The summed E-state index contributed by atoms with van der Waals surface area (Å²) in [5.41, 5.74) is 5.63. The first-order valence-electron chi connectivity index (χ1n) is 6.18. The zero-order valence-corrected chi connectivity index (χ0v) is 10.3. The largest absolute Gasteiger partial charge is 0.488 e. The number of nitrogens with zero attached hydrogens (tertiary/aromatic N) is 1. The topological polar surface area (TPSA) is 58.7 Å². The van der Waals surface area contributed by atoms with E-state index in [4.69, 9.17) is 15.6 Å². The second-order valence-corrected chi connectivity index (χ2v) is 4.68. The molecule has 100 valence electrons. The maximum absolute atomic E-state index is 12.7. The van der Waals surface area contributed by atoms with Crippen molar-refractivity contribution in [3.8, 4) is 5.75 Å². The Kier molecular flexibility index (Phi) is 4.52. The van der Waals surface area contributed by atoms with Crippen LogP contribution in [0.4, 0.5) is 4.39 Å². The fourth-order valence-corrected chi connectivity index (χ4v) is 1.92. The molecule has 3 N–H and O–H groups in total. The van der Waals surface area contributed by atoms with Gasteiger partial charge in [-0.25, -0.2) is 4.39 Å². The first-order chi connectivity index (χ1) is 8.67. The van der Waals surface area contributed by atoms with Crippen LogP contribution < -0.4 is 10.5 Å². The van der Waals surface area contributed by atoms with Crippen LogP contribution in [0.15, 0.2) is 24.3 Å². The van der Waals surface area contributed by atoms with Gasteiger partial charge in [-0.3, -0.25) is 4.90 Å². The molecule has 0 spiro atoms. The average Bonchev–Trinajstić information content (AvgIpc) is 2.33. The molecule has 18 heavy (non-hydrogen) atoms. The molecule has 1 unspecified atom stereocenters. The van der Waals surface area contributed by atoms with E-state index in [1.54, 1.807) is 12.1 Å². The monoisotopic (exact) mass is 254 g/mol. The second kappa shape index (κ2) is 6.13. The molecule has 5 heteroatoms. The quantitative estimate of drug-likeness (QED) is 0.780. The minimum atomic E-state index is -0.254. The van der Waals surface area contributed by atoms with Crippen LogP contribution in [0.5, 0.6) is 5.75 Å². The van der Waals surface area contributed by atoms with Gasteiger partial charge in [0, 0.05) is 25.7 Å². The van der Waals surface area contributed by atoms with Crippen LogP contribution in [0.1, 0.15) is 6.42 Å². The minimum absolute atomic E-state index is 0.0311. The zero-order chi connectivity index (χ0) is 13.0. The van der Waals surface area contributed by atoms with Crippen molar-refractivity contribution in [3.63, 3.8) is 0 Å². The van der Waals surface area contributed by atoms with E-state index in [2.05, 4.69) is 4.90 Å². The number of nitrogens with two attached hydrogens (primary N) is 1. The SMILES string of the molecule is NC(CO)CCN1CC(Oc2ccc(F)cc2)C1. The molecular weight excluding hydrogens is 235 g/mol. The summed E-state index contributed by atoms with van der Waals surface area (Å²) in [6, 6.07) is 5.93. The van der Waals surface area contributed by atoms with Crippen molar-refractivity contribution in [2.24, 2.45) is 5.73 Å². The predicted octanol–water partition coefficient (Wildman–Crippen LogP) is 0.598. The summed E-state index contributed by atoms with van der Waals surface area (Å²) >= 11 is 0. The van der Waals surface area contributed by atoms with Crippen LogP contribution in [0.3, 0.4) is 0 Å². The normalized spacial score (nSPS) is 18.4. The number of halogens is 1. The molecule has 1 saturated heterocycles. The Morgan fingerprint density at radius 3 is 2.67 bits per heavy atom. The molecule has 1 aliphatic heterocycles. The van der Waals surface area contributed by atoms with E-state index in [1.165, 1.54) is 12.1 Å². The van der Waals surface area contributed by atoms with Crippen LogP contribution in [-0.4, -0.2) is 48.4 Å². The summed E-state index contributed by atoms with van der Waals surface area (Å²) in [6.45, 7) is 2.62. The van der Waals surface area contributed by atoms with Gasteiger partial charge in [-0.1, -0.05) is 0 Å². The highest BCUT2D eigenvalue weighted by Crippen LogP contribution is 2.18. The van der Waals surface area contributed by atoms with Crippen molar-refractivity contribution in [2.45, 2.75) is 18.6 Å². The molecule has 1 heterocycles. The number of benzene rings is 1. The van der Waals surface area contributed by atoms with Crippen LogP contribution in [-0.2, 0) is 0 Å². The maximum Gasteiger partial charge on any atom is 0.124 e. The first-order valence-corrected chi connectivity index (χ1v) is 6.18. The van der Waals surface area contributed by atoms with Crippen LogP contribution >= 0.6 is 0 Å². The average molecular weight is 254 g/mol. The number of aliphatic hydroxyl groups excluding tert-OH is 1. The summed E-state index contributed by atoms with van der Waals surface area (Å²) < 4.78 is 18.4. The number of ether oxygens (including phenoxy) is 1. The third kappa shape index (κ3) is 3.66. The van der Waals surface area contributed by atoms with Crippen molar-refractivity contribution in [3.05, 3.63) is 30.1 Å². The molecule has 1 atom stereocenters. The lowest BCUT2D eigenvalue weighted by atomic mass is 10.1. The molecule has 0 saturated carbocycles.